The summed E-state index contributed by atoms with van der Waals surface area (Å²) in [6, 6.07) is 8.76. The maximum absolute atomic E-state index is 13.1. The van der Waals surface area contributed by atoms with E-state index in [4.69, 9.17) is 14.6 Å². The van der Waals surface area contributed by atoms with Crippen molar-refractivity contribution in [2.75, 3.05) is 6.54 Å². The molecule has 5 atom stereocenters. The molecule has 0 saturated heterocycles. The number of carboxylic acids is 1. The molecule has 184 valence electrons. The summed E-state index contributed by atoms with van der Waals surface area (Å²) in [4.78, 5) is 30.0. The minimum absolute atomic E-state index is 0.0169. The molecule has 2 N–H and O–H groups in total. The van der Waals surface area contributed by atoms with Gasteiger partial charge in [-0.05, 0) is 74.6 Å². The van der Waals surface area contributed by atoms with E-state index >= 15 is 0 Å². The van der Waals surface area contributed by atoms with Crippen molar-refractivity contribution in [1.82, 2.24) is 25.3 Å². The molecular weight excluding hydrogens is 450 g/mol. The number of hydrogen-bond donors (Lipinski definition) is 2. The van der Waals surface area contributed by atoms with Gasteiger partial charge < -0.3 is 19.9 Å². The lowest BCUT2D eigenvalue weighted by molar-refractivity contribution is -0.162. The highest BCUT2D eigenvalue weighted by atomic mass is 16.5. The summed E-state index contributed by atoms with van der Waals surface area (Å²) in [6.45, 7) is 2.14. The Balaban J connectivity index is 1.21. The smallest absolute Gasteiger partial charge is 0.332 e. The molecule has 0 radical (unpaired) electrons. The number of rotatable bonds is 8. The zero-order valence-corrected chi connectivity index (χ0v) is 19.8. The summed E-state index contributed by atoms with van der Waals surface area (Å²) >= 11 is 0. The van der Waals surface area contributed by atoms with Crippen LogP contribution in [0.5, 0.6) is 11.6 Å². The summed E-state index contributed by atoms with van der Waals surface area (Å²) in [5, 5.41) is 20.8. The van der Waals surface area contributed by atoms with Gasteiger partial charge in [-0.2, -0.15) is 15.0 Å². The van der Waals surface area contributed by atoms with Crippen molar-refractivity contribution in [2.45, 2.75) is 44.8 Å². The number of fused-ring (bicyclic) bond motifs is 4. The van der Waals surface area contributed by atoms with Crippen molar-refractivity contribution in [2.24, 2.45) is 24.8 Å². The molecule has 4 unspecified atom stereocenters. The molecule has 2 aromatic heterocycles. The van der Waals surface area contributed by atoms with Crippen LogP contribution in [0.2, 0.25) is 0 Å². The molecule has 6 rings (SSSR count). The van der Waals surface area contributed by atoms with Gasteiger partial charge in [0.1, 0.15) is 22.3 Å². The van der Waals surface area contributed by atoms with E-state index in [2.05, 4.69) is 20.5 Å². The van der Waals surface area contributed by atoms with Crippen LogP contribution in [0.1, 0.15) is 43.0 Å². The maximum atomic E-state index is 13.1. The Bertz CT molecular complexity index is 1240. The van der Waals surface area contributed by atoms with Crippen molar-refractivity contribution < 1.29 is 24.2 Å². The van der Waals surface area contributed by atoms with Crippen molar-refractivity contribution in [3.63, 3.8) is 0 Å². The second kappa shape index (κ2) is 9.61. The molecule has 3 aliphatic carbocycles. The summed E-state index contributed by atoms with van der Waals surface area (Å²) in [7, 11) is 1.75. The third-order valence-corrected chi connectivity index (χ3v) is 7.17. The van der Waals surface area contributed by atoms with Gasteiger partial charge in [0.25, 0.3) is 5.91 Å². The van der Waals surface area contributed by atoms with Crippen LogP contribution < -0.4 is 10.1 Å². The summed E-state index contributed by atoms with van der Waals surface area (Å²) in [5.74, 6) is 0.680. The van der Waals surface area contributed by atoms with Gasteiger partial charge in [0.05, 0.1) is 6.10 Å². The van der Waals surface area contributed by atoms with Gasteiger partial charge in [0, 0.05) is 25.9 Å². The van der Waals surface area contributed by atoms with Gasteiger partial charge in [-0.25, -0.2) is 9.78 Å². The number of ether oxygens (including phenoxy) is 2. The first kappa shape index (κ1) is 23.2. The minimum Gasteiger partial charge on any atom is -0.479 e. The standard InChI is InChI=1S/C25H29N5O5/c1-14(25(32)33)34-22-11-15-5-6-16(22)10-17(15)13-27-23(31)19-4-3-9-26-24(19)35-18-7-8-20-21(12-18)29-30(2)28-20/h3-4,7-9,12,14-17,22H,5-6,10-11,13H2,1-2H3,(H,27,31)(H,32,33)/t14-,15?,16?,17?,22?/m1/s1. The Morgan fingerprint density at radius 2 is 1.97 bits per heavy atom. The van der Waals surface area contributed by atoms with Crippen molar-refractivity contribution in [3.05, 3.63) is 42.1 Å². The van der Waals surface area contributed by atoms with Crippen molar-refractivity contribution in [3.8, 4) is 11.6 Å². The number of amides is 1. The number of aliphatic carboxylic acids is 1. The second-order valence-electron chi connectivity index (χ2n) is 9.49. The number of hydrogen-bond acceptors (Lipinski definition) is 7. The highest BCUT2D eigenvalue weighted by molar-refractivity contribution is 5.96. The number of aromatic nitrogens is 4. The number of carbonyl (C=O) groups is 2. The second-order valence-corrected chi connectivity index (χ2v) is 9.49. The van der Waals surface area contributed by atoms with Crippen LogP contribution in [-0.4, -0.2) is 55.7 Å². The predicted octanol–water partition coefficient (Wildman–Crippen LogP) is 3.18. The lowest BCUT2D eigenvalue weighted by atomic mass is 9.63. The molecule has 1 aromatic carbocycles. The molecule has 1 amide bonds. The fourth-order valence-corrected chi connectivity index (χ4v) is 5.38. The number of carbonyl (C=O) groups excluding carboxylic acids is 1. The van der Waals surface area contributed by atoms with Crippen LogP contribution >= 0.6 is 0 Å². The lowest BCUT2D eigenvalue weighted by Crippen LogP contribution is -2.47. The molecule has 3 saturated carbocycles. The fourth-order valence-electron chi connectivity index (χ4n) is 5.38. The van der Waals surface area contributed by atoms with E-state index in [-0.39, 0.29) is 17.9 Å². The van der Waals surface area contributed by atoms with E-state index < -0.39 is 12.1 Å². The number of aryl methyl sites for hydroxylation is 1. The highest BCUT2D eigenvalue weighted by Gasteiger charge is 2.43. The number of benzene rings is 1. The van der Waals surface area contributed by atoms with Gasteiger partial charge in [-0.3, -0.25) is 4.79 Å². The van der Waals surface area contributed by atoms with Crippen LogP contribution in [-0.2, 0) is 16.6 Å². The zero-order valence-electron chi connectivity index (χ0n) is 19.8. The average Bonchev–Trinajstić information content (AvgIpc) is 3.22. The van der Waals surface area contributed by atoms with Gasteiger partial charge in [0.2, 0.25) is 5.88 Å². The number of nitrogens with one attached hydrogen (secondary N) is 1. The van der Waals surface area contributed by atoms with Crippen LogP contribution in [0.3, 0.4) is 0 Å². The van der Waals surface area contributed by atoms with E-state index in [1.54, 1.807) is 44.4 Å². The van der Waals surface area contributed by atoms with E-state index in [1.165, 1.54) is 4.80 Å². The Hall–Kier alpha value is -3.53. The van der Waals surface area contributed by atoms with Gasteiger partial charge in [0.15, 0.2) is 6.10 Å². The summed E-state index contributed by atoms with van der Waals surface area (Å²) in [5.41, 5.74) is 1.81. The third-order valence-electron chi connectivity index (χ3n) is 7.17. The van der Waals surface area contributed by atoms with E-state index in [0.29, 0.717) is 41.1 Å². The summed E-state index contributed by atoms with van der Waals surface area (Å²) < 4.78 is 11.8. The Kier molecular flexibility index (Phi) is 6.38. The molecule has 0 spiro atoms. The molecule has 3 aliphatic rings. The monoisotopic (exact) mass is 479 g/mol. The number of nitrogens with zero attached hydrogens (tertiary/aromatic N) is 4. The SMILES string of the molecule is C[C@@H](OC1CC2CCC1CC2CNC(=O)c1cccnc1Oc1ccc2nn(C)nc2c1)C(=O)O. The molecule has 0 aliphatic heterocycles. The number of carboxylic acid groups (broad SMARTS) is 1. The van der Waals surface area contributed by atoms with Crippen LogP contribution in [0, 0.1) is 17.8 Å². The quantitative estimate of drug-likeness (QED) is 0.504. The molecule has 3 fully saturated rings. The van der Waals surface area contributed by atoms with Gasteiger partial charge in [-0.1, -0.05) is 0 Å². The van der Waals surface area contributed by atoms with Crippen LogP contribution in [0.15, 0.2) is 36.5 Å². The Morgan fingerprint density at radius 3 is 2.74 bits per heavy atom. The molecule has 3 aromatic rings. The van der Waals surface area contributed by atoms with E-state index in [9.17, 15) is 9.59 Å². The van der Waals surface area contributed by atoms with Gasteiger partial charge >= 0.3 is 5.97 Å². The van der Waals surface area contributed by atoms with E-state index in [1.807, 2.05) is 6.07 Å². The average molecular weight is 480 g/mol. The van der Waals surface area contributed by atoms with Crippen LogP contribution in [0.25, 0.3) is 11.0 Å². The molecule has 35 heavy (non-hydrogen) atoms. The largest absolute Gasteiger partial charge is 0.479 e. The first-order chi connectivity index (χ1) is 16.9. The zero-order chi connectivity index (χ0) is 24.5. The molecule has 2 heterocycles. The fraction of sp³-hybridized carbons (Fsp3) is 0.480. The minimum atomic E-state index is -0.929. The van der Waals surface area contributed by atoms with Crippen molar-refractivity contribution >= 4 is 22.9 Å². The lowest BCUT2D eigenvalue weighted by Gasteiger charge is -2.47. The Labute approximate surface area is 202 Å². The normalized spacial score (nSPS) is 24.3. The Morgan fingerprint density at radius 1 is 1.17 bits per heavy atom. The molecule has 2 bridgehead atoms. The highest BCUT2D eigenvalue weighted by Crippen LogP contribution is 2.46. The van der Waals surface area contributed by atoms with Crippen LogP contribution in [0.4, 0.5) is 0 Å². The molecular formula is C25H29N5O5. The molecule has 10 heteroatoms. The maximum Gasteiger partial charge on any atom is 0.332 e. The van der Waals surface area contributed by atoms with E-state index in [0.717, 1.165) is 31.2 Å². The predicted molar refractivity (Wildman–Crippen MR) is 126 cm³/mol. The van der Waals surface area contributed by atoms with Crippen molar-refractivity contribution in [1.29, 1.82) is 0 Å². The van der Waals surface area contributed by atoms with Gasteiger partial charge in [-0.15, -0.1) is 0 Å². The number of pyridine rings is 1. The first-order valence-corrected chi connectivity index (χ1v) is 12.0. The molecule has 10 nitrogen and oxygen atoms in total. The topological polar surface area (TPSA) is 128 Å². The third kappa shape index (κ3) is 4.97. The first-order valence-electron chi connectivity index (χ1n) is 12.0. The summed E-state index contributed by atoms with van der Waals surface area (Å²) in [6.07, 6.45) is 4.67.